The quantitative estimate of drug-likeness (QED) is 0.626. The van der Waals surface area contributed by atoms with Gasteiger partial charge in [0.15, 0.2) is 6.61 Å². The van der Waals surface area contributed by atoms with E-state index in [1.807, 2.05) is 73.7 Å². The van der Waals surface area contributed by atoms with E-state index in [9.17, 15) is 9.90 Å². The van der Waals surface area contributed by atoms with Crippen molar-refractivity contribution in [3.63, 3.8) is 0 Å². The lowest BCUT2D eigenvalue weighted by Crippen LogP contribution is -2.41. The van der Waals surface area contributed by atoms with Gasteiger partial charge in [0.25, 0.3) is 5.91 Å². The van der Waals surface area contributed by atoms with E-state index < -0.39 is 6.10 Å². The molecule has 5 heteroatoms. The average molecular weight is 428 g/mol. The lowest BCUT2D eigenvalue weighted by Gasteiger charge is -2.29. The minimum atomic E-state index is -0.757. The molecule has 3 aromatic rings. The summed E-state index contributed by atoms with van der Waals surface area (Å²) in [4.78, 5) is 14.1. The standard InChI is InChI=1S/C22H22BrNO3/c1-15(22(26)17-9-4-3-5-10-17)24(2)20(25)14-27-19-13-12-16-8-6-7-11-18(16)21(19)23/h3-13,15,22,26H,14H2,1-2H3. The zero-order valence-corrected chi connectivity index (χ0v) is 16.9. The van der Waals surface area contributed by atoms with Crippen LogP contribution in [0.2, 0.25) is 0 Å². The number of carbonyl (C=O) groups is 1. The highest BCUT2D eigenvalue weighted by Crippen LogP contribution is 2.33. The molecule has 0 spiro atoms. The molecule has 27 heavy (non-hydrogen) atoms. The van der Waals surface area contributed by atoms with Gasteiger partial charge in [-0.05, 0) is 45.3 Å². The van der Waals surface area contributed by atoms with Gasteiger partial charge in [-0.1, -0.05) is 60.7 Å². The minimum absolute atomic E-state index is 0.0979. The van der Waals surface area contributed by atoms with Crippen LogP contribution in [0.4, 0.5) is 0 Å². The number of benzene rings is 3. The summed E-state index contributed by atoms with van der Waals surface area (Å²) >= 11 is 3.56. The summed E-state index contributed by atoms with van der Waals surface area (Å²) in [5.74, 6) is 0.421. The Hall–Kier alpha value is -2.37. The number of hydrogen-bond acceptors (Lipinski definition) is 3. The van der Waals surface area contributed by atoms with Crippen LogP contribution in [-0.4, -0.2) is 35.6 Å². The normalized spacial score (nSPS) is 13.2. The number of ether oxygens (including phenoxy) is 1. The third-order valence-electron chi connectivity index (χ3n) is 4.78. The number of fused-ring (bicyclic) bond motifs is 1. The number of carbonyl (C=O) groups excluding carboxylic acids is 1. The van der Waals surface area contributed by atoms with Crippen molar-refractivity contribution in [1.29, 1.82) is 0 Å². The van der Waals surface area contributed by atoms with Gasteiger partial charge < -0.3 is 14.7 Å². The van der Waals surface area contributed by atoms with E-state index in [0.29, 0.717) is 5.75 Å². The first-order valence-corrected chi connectivity index (χ1v) is 9.57. The second kappa shape index (κ2) is 8.55. The van der Waals surface area contributed by atoms with Crippen LogP contribution in [0.15, 0.2) is 71.2 Å². The van der Waals surface area contributed by atoms with Gasteiger partial charge in [0.05, 0.1) is 16.6 Å². The molecule has 4 nitrogen and oxygen atoms in total. The highest BCUT2D eigenvalue weighted by Gasteiger charge is 2.24. The molecule has 0 aliphatic heterocycles. The molecule has 1 N–H and O–H groups in total. The summed E-state index contributed by atoms with van der Waals surface area (Å²) in [6.45, 7) is 1.72. The first kappa shape index (κ1) is 19.4. The molecule has 0 aliphatic rings. The summed E-state index contributed by atoms with van der Waals surface area (Å²) < 4.78 is 6.57. The van der Waals surface area contributed by atoms with Gasteiger partial charge in [0.2, 0.25) is 0 Å². The SMILES string of the molecule is CC(C(O)c1ccccc1)N(C)C(=O)COc1ccc2ccccc2c1Br. The summed E-state index contributed by atoms with van der Waals surface area (Å²) in [6, 6.07) is 20.7. The number of aliphatic hydroxyl groups is 1. The lowest BCUT2D eigenvalue weighted by molar-refractivity contribution is -0.136. The molecule has 0 aliphatic carbocycles. The number of nitrogens with zero attached hydrogens (tertiary/aromatic N) is 1. The van der Waals surface area contributed by atoms with Crippen LogP contribution in [0.5, 0.6) is 5.75 Å². The van der Waals surface area contributed by atoms with Crippen LogP contribution in [0.1, 0.15) is 18.6 Å². The molecule has 140 valence electrons. The van der Waals surface area contributed by atoms with E-state index in [4.69, 9.17) is 4.74 Å². The molecule has 1 amide bonds. The maximum Gasteiger partial charge on any atom is 0.260 e. The number of halogens is 1. The fraction of sp³-hybridized carbons (Fsp3) is 0.227. The van der Waals surface area contributed by atoms with E-state index in [1.165, 1.54) is 4.90 Å². The van der Waals surface area contributed by atoms with E-state index in [1.54, 1.807) is 7.05 Å². The molecule has 0 bridgehead atoms. The van der Waals surface area contributed by atoms with E-state index >= 15 is 0 Å². The molecule has 2 unspecified atom stereocenters. The number of rotatable bonds is 6. The van der Waals surface area contributed by atoms with Crippen LogP contribution in [-0.2, 0) is 4.79 Å². The van der Waals surface area contributed by atoms with Gasteiger partial charge in [-0.2, -0.15) is 0 Å². The molecule has 0 fully saturated rings. The zero-order chi connectivity index (χ0) is 19.4. The van der Waals surface area contributed by atoms with Gasteiger partial charge in [-0.25, -0.2) is 0 Å². The number of amides is 1. The van der Waals surface area contributed by atoms with Crippen molar-refractivity contribution in [1.82, 2.24) is 4.90 Å². The minimum Gasteiger partial charge on any atom is -0.483 e. The molecule has 0 aromatic heterocycles. The van der Waals surface area contributed by atoms with Crippen LogP contribution < -0.4 is 4.74 Å². The first-order valence-electron chi connectivity index (χ1n) is 8.77. The average Bonchev–Trinajstić information content (AvgIpc) is 2.72. The number of aliphatic hydroxyl groups excluding tert-OH is 1. The predicted octanol–water partition coefficient (Wildman–Crippen LogP) is 4.56. The van der Waals surface area contributed by atoms with E-state index in [2.05, 4.69) is 15.9 Å². The maximum atomic E-state index is 12.5. The Balaban J connectivity index is 1.66. The fourth-order valence-electron chi connectivity index (χ4n) is 2.93. The monoisotopic (exact) mass is 427 g/mol. The molecule has 3 aromatic carbocycles. The van der Waals surface area contributed by atoms with E-state index in [-0.39, 0.29) is 18.6 Å². The zero-order valence-electron chi connectivity index (χ0n) is 15.3. The maximum absolute atomic E-state index is 12.5. The van der Waals surface area contributed by atoms with Crippen molar-refractivity contribution in [2.24, 2.45) is 0 Å². The molecule has 3 rings (SSSR count). The molecule has 0 heterocycles. The number of hydrogen-bond donors (Lipinski definition) is 1. The van der Waals surface area contributed by atoms with Gasteiger partial charge >= 0.3 is 0 Å². The van der Waals surface area contributed by atoms with Crippen molar-refractivity contribution in [2.75, 3.05) is 13.7 Å². The third kappa shape index (κ3) is 4.31. The molecular weight excluding hydrogens is 406 g/mol. The van der Waals surface area contributed by atoms with Crippen LogP contribution in [0.3, 0.4) is 0 Å². The summed E-state index contributed by atoms with van der Waals surface area (Å²) in [6.07, 6.45) is -0.757. The molecule has 0 saturated heterocycles. The summed E-state index contributed by atoms with van der Waals surface area (Å²) in [7, 11) is 1.68. The predicted molar refractivity (Wildman–Crippen MR) is 111 cm³/mol. The van der Waals surface area contributed by atoms with Crippen molar-refractivity contribution in [3.8, 4) is 5.75 Å². The fourth-order valence-corrected chi connectivity index (χ4v) is 3.54. The van der Waals surface area contributed by atoms with Crippen LogP contribution in [0, 0.1) is 0 Å². The van der Waals surface area contributed by atoms with Crippen molar-refractivity contribution in [2.45, 2.75) is 19.1 Å². The molecular formula is C22H22BrNO3. The Morgan fingerprint density at radius 2 is 1.74 bits per heavy atom. The van der Waals surface area contributed by atoms with Crippen molar-refractivity contribution >= 4 is 32.6 Å². The Bertz CT molecular complexity index is 929. The Labute approximate surface area is 167 Å². The number of likely N-dealkylation sites (N-methyl/N-ethyl adjacent to an activating group) is 1. The van der Waals surface area contributed by atoms with Gasteiger partial charge in [0, 0.05) is 7.05 Å². The van der Waals surface area contributed by atoms with Crippen LogP contribution in [0.25, 0.3) is 10.8 Å². The topological polar surface area (TPSA) is 49.8 Å². The molecule has 2 atom stereocenters. The smallest absolute Gasteiger partial charge is 0.260 e. The highest BCUT2D eigenvalue weighted by atomic mass is 79.9. The third-order valence-corrected chi connectivity index (χ3v) is 5.60. The van der Waals surface area contributed by atoms with Gasteiger partial charge in [0.1, 0.15) is 5.75 Å². The van der Waals surface area contributed by atoms with E-state index in [0.717, 1.165) is 20.8 Å². The van der Waals surface area contributed by atoms with Crippen molar-refractivity contribution in [3.05, 3.63) is 76.8 Å². The molecule has 0 radical (unpaired) electrons. The second-order valence-electron chi connectivity index (χ2n) is 6.49. The highest BCUT2D eigenvalue weighted by molar-refractivity contribution is 9.10. The van der Waals surface area contributed by atoms with Gasteiger partial charge in [-0.15, -0.1) is 0 Å². The second-order valence-corrected chi connectivity index (χ2v) is 7.28. The Morgan fingerprint density at radius 1 is 1.07 bits per heavy atom. The molecule has 0 saturated carbocycles. The Morgan fingerprint density at radius 3 is 2.48 bits per heavy atom. The van der Waals surface area contributed by atoms with Gasteiger partial charge in [-0.3, -0.25) is 4.79 Å². The first-order chi connectivity index (χ1) is 13.0. The lowest BCUT2D eigenvalue weighted by atomic mass is 10.0. The summed E-state index contributed by atoms with van der Waals surface area (Å²) in [5.41, 5.74) is 0.780. The largest absolute Gasteiger partial charge is 0.483 e. The Kier molecular flexibility index (Phi) is 6.14. The summed E-state index contributed by atoms with van der Waals surface area (Å²) in [5, 5.41) is 12.6. The van der Waals surface area contributed by atoms with Crippen molar-refractivity contribution < 1.29 is 14.6 Å². The van der Waals surface area contributed by atoms with Crippen LogP contribution >= 0.6 is 15.9 Å².